The van der Waals surface area contributed by atoms with Gasteiger partial charge in [-0.2, -0.15) is 0 Å². The van der Waals surface area contributed by atoms with Crippen LogP contribution in [-0.2, 0) is 0 Å². The maximum Gasteiger partial charge on any atom is 0.0797 e. The largest absolute Gasteiger partial charge is 0.337 e. The van der Waals surface area contributed by atoms with E-state index < -0.39 is 0 Å². The molecule has 2 rings (SSSR count). The predicted octanol–water partition coefficient (Wildman–Crippen LogP) is 3.54. The van der Waals surface area contributed by atoms with Crippen LogP contribution < -0.4 is 0 Å². The first-order chi connectivity index (χ1) is 7.48. The minimum atomic E-state index is 0.198. The van der Waals surface area contributed by atoms with Crippen LogP contribution in [0.15, 0.2) is 36.5 Å². The Hall–Kier alpha value is -1.01. The third-order valence-corrected chi connectivity index (χ3v) is 4.22. The van der Waals surface area contributed by atoms with Gasteiger partial charge < -0.3 is 9.34 Å². The highest BCUT2D eigenvalue weighted by Gasteiger charge is 2.27. The lowest BCUT2D eigenvalue weighted by atomic mass is 10.1. The van der Waals surface area contributed by atoms with Gasteiger partial charge in [-0.1, -0.05) is 30.3 Å². The summed E-state index contributed by atoms with van der Waals surface area (Å²) in [6.45, 7) is 6.74. The summed E-state index contributed by atoms with van der Waals surface area (Å²) < 4.78 is 4.72. The Morgan fingerprint density at radius 2 is 1.69 bits per heavy atom. The average molecular weight is 234 g/mol. The second-order valence-corrected chi connectivity index (χ2v) is 6.43. The summed E-state index contributed by atoms with van der Waals surface area (Å²) in [7, 11) is 2.86. The van der Waals surface area contributed by atoms with Gasteiger partial charge in [0.1, 0.15) is 0 Å². The Balaban J connectivity index is 2.29. The van der Waals surface area contributed by atoms with E-state index >= 15 is 0 Å². The van der Waals surface area contributed by atoms with Gasteiger partial charge in [0, 0.05) is 18.8 Å². The van der Waals surface area contributed by atoms with E-state index in [2.05, 4.69) is 73.7 Å². The standard InChI is InChI=1S/C13H19N2P/c1-13(2,3)15-10-12(14(4)16-15)11-8-6-5-7-9-11/h5-10,16H,1-4H3. The van der Waals surface area contributed by atoms with Crippen LogP contribution in [0.5, 0.6) is 0 Å². The van der Waals surface area contributed by atoms with Gasteiger partial charge in [-0.3, -0.25) is 0 Å². The Kier molecular flexibility index (Phi) is 2.94. The van der Waals surface area contributed by atoms with E-state index in [1.54, 1.807) is 0 Å². The molecule has 0 spiro atoms. The topological polar surface area (TPSA) is 6.48 Å². The van der Waals surface area contributed by atoms with Crippen LogP contribution in [0.1, 0.15) is 26.3 Å². The highest BCUT2D eigenvalue weighted by atomic mass is 31.1. The summed E-state index contributed by atoms with van der Waals surface area (Å²) in [6, 6.07) is 10.6. The van der Waals surface area contributed by atoms with Crippen LogP contribution >= 0.6 is 8.88 Å². The molecule has 1 atom stereocenters. The zero-order valence-corrected chi connectivity index (χ0v) is 11.4. The molecule has 1 aliphatic rings. The molecule has 0 amide bonds. The van der Waals surface area contributed by atoms with Gasteiger partial charge in [0.15, 0.2) is 0 Å². The monoisotopic (exact) mass is 234 g/mol. The fourth-order valence-corrected chi connectivity index (χ4v) is 2.77. The van der Waals surface area contributed by atoms with Crippen molar-refractivity contribution in [1.29, 1.82) is 0 Å². The summed E-state index contributed by atoms with van der Waals surface area (Å²) >= 11 is 0. The van der Waals surface area contributed by atoms with Gasteiger partial charge in [0.05, 0.1) is 14.6 Å². The third-order valence-electron chi connectivity index (χ3n) is 2.66. The SMILES string of the molecule is CN1PN(C(C)(C)C)C=C1c1ccccc1. The highest BCUT2D eigenvalue weighted by molar-refractivity contribution is 7.33. The van der Waals surface area contributed by atoms with E-state index in [0.29, 0.717) is 8.88 Å². The van der Waals surface area contributed by atoms with Crippen molar-refractivity contribution in [3.05, 3.63) is 42.1 Å². The number of benzene rings is 1. The van der Waals surface area contributed by atoms with Gasteiger partial charge in [-0.05, 0) is 26.3 Å². The molecule has 0 bridgehead atoms. The van der Waals surface area contributed by atoms with E-state index in [4.69, 9.17) is 0 Å². The van der Waals surface area contributed by atoms with Crippen LogP contribution in [0.25, 0.3) is 5.70 Å². The molecule has 0 aromatic heterocycles. The van der Waals surface area contributed by atoms with Crippen molar-refractivity contribution in [3.8, 4) is 0 Å². The van der Waals surface area contributed by atoms with Gasteiger partial charge >= 0.3 is 0 Å². The van der Waals surface area contributed by atoms with Gasteiger partial charge in [0.2, 0.25) is 0 Å². The van der Waals surface area contributed by atoms with Crippen LogP contribution in [0.2, 0.25) is 0 Å². The summed E-state index contributed by atoms with van der Waals surface area (Å²) in [6.07, 6.45) is 2.27. The molecule has 1 aliphatic heterocycles. The Morgan fingerprint density at radius 1 is 1.06 bits per heavy atom. The Bertz CT molecular complexity index is 392. The molecule has 1 aromatic carbocycles. The lowest BCUT2D eigenvalue weighted by Crippen LogP contribution is -2.29. The molecule has 1 aromatic rings. The first-order valence-corrected chi connectivity index (χ1v) is 6.44. The van der Waals surface area contributed by atoms with Crippen LogP contribution in [0.3, 0.4) is 0 Å². The fourth-order valence-electron chi connectivity index (χ4n) is 1.67. The predicted molar refractivity (Wildman–Crippen MR) is 72.1 cm³/mol. The lowest BCUT2D eigenvalue weighted by Gasteiger charge is -2.31. The first kappa shape index (κ1) is 11.5. The molecule has 0 saturated heterocycles. The lowest BCUT2D eigenvalue weighted by molar-refractivity contribution is 0.345. The van der Waals surface area contributed by atoms with Crippen LogP contribution in [-0.4, -0.2) is 21.9 Å². The molecule has 86 valence electrons. The molecule has 0 fully saturated rings. The Morgan fingerprint density at radius 3 is 2.19 bits per heavy atom. The summed E-state index contributed by atoms with van der Waals surface area (Å²) in [5.74, 6) is 0. The number of hydrogen-bond donors (Lipinski definition) is 0. The Labute approximate surface area is 99.8 Å². The second-order valence-electron chi connectivity index (χ2n) is 5.08. The highest BCUT2D eigenvalue weighted by Crippen LogP contribution is 2.43. The molecule has 1 unspecified atom stereocenters. The van der Waals surface area contributed by atoms with Crippen molar-refractivity contribution in [2.75, 3.05) is 7.05 Å². The molecule has 1 heterocycles. The van der Waals surface area contributed by atoms with Crippen LogP contribution in [0.4, 0.5) is 0 Å². The first-order valence-electron chi connectivity index (χ1n) is 5.55. The van der Waals surface area contributed by atoms with Crippen molar-refractivity contribution < 1.29 is 0 Å². The van der Waals surface area contributed by atoms with Gasteiger partial charge in [-0.15, -0.1) is 0 Å². The van der Waals surface area contributed by atoms with E-state index in [9.17, 15) is 0 Å². The maximum absolute atomic E-state index is 2.40. The molecule has 2 nitrogen and oxygen atoms in total. The van der Waals surface area contributed by atoms with Crippen molar-refractivity contribution in [2.24, 2.45) is 0 Å². The molecule has 16 heavy (non-hydrogen) atoms. The smallest absolute Gasteiger partial charge is 0.0797 e. The van der Waals surface area contributed by atoms with E-state index in [0.717, 1.165) is 0 Å². The van der Waals surface area contributed by atoms with Crippen molar-refractivity contribution in [2.45, 2.75) is 26.3 Å². The molecule has 0 radical (unpaired) electrons. The van der Waals surface area contributed by atoms with Gasteiger partial charge in [-0.25, -0.2) is 0 Å². The molecule has 0 aliphatic carbocycles. The normalized spacial score (nSPS) is 18.1. The average Bonchev–Trinajstić information content (AvgIpc) is 2.61. The third kappa shape index (κ3) is 2.22. The number of hydrogen-bond acceptors (Lipinski definition) is 2. The van der Waals surface area contributed by atoms with Crippen molar-refractivity contribution >= 4 is 14.6 Å². The van der Waals surface area contributed by atoms with Crippen molar-refractivity contribution in [3.63, 3.8) is 0 Å². The fraction of sp³-hybridized carbons (Fsp3) is 0.385. The van der Waals surface area contributed by atoms with Crippen LogP contribution in [0, 0.1) is 0 Å². The van der Waals surface area contributed by atoms with E-state index in [-0.39, 0.29) is 5.54 Å². The maximum atomic E-state index is 2.40. The molecule has 3 heteroatoms. The van der Waals surface area contributed by atoms with E-state index in [1.807, 2.05) is 0 Å². The summed E-state index contributed by atoms with van der Waals surface area (Å²) in [5, 5.41) is 0. The molecular weight excluding hydrogens is 215 g/mol. The van der Waals surface area contributed by atoms with Gasteiger partial charge in [0.25, 0.3) is 0 Å². The van der Waals surface area contributed by atoms with Crippen molar-refractivity contribution in [1.82, 2.24) is 9.34 Å². The molecular formula is C13H19N2P. The number of nitrogens with zero attached hydrogens (tertiary/aromatic N) is 2. The minimum absolute atomic E-state index is 0.198. The number of rotatable bonds is 1. The molecule has 0 saturated carbocycles. The summed E-state index contributed by atoms with van der Waals surface area (Å²) in [4.78, 5) is 0. The second kappa shape index (κ2) is 4.10. The minimum Gasteiger partial charge on any atom is -0.337 e. The zero-order valence-electron chi connectivity index (χ0n) is 10.4. The molecule has 0 N–H and O–H groups in total. The summed E-state index contributed by atoms with van der Waals surface area (Å²) in [5.41, 5.74) is 2.81. The zero-order chi connectivity index (χ0) is 11.8. The quantitative estimate of drug-likeness (QED) is 0.686. The van der Waals surface area contributed by atoms with E-state index in [1.165, 1.54) is 11.3 Å².